The molecule has 2 N–H and O–H groups in total. The summed E-state index contributed by atoms with van der Waals surface area (Å²) in [7, 11) is 0. The molecule has 0 aromatic rings. The molecule has 2 unspecified atom stereocenters. The van der Waals surface area contributed by atoms with E-state index in [1.54, 1.807) is 0 Å². The maximum atomic E-state index is 12.8. The predicted octanol–water partition coefficient (Wildman–Crippen LogP) is 3.13. The lowest BCUT2D eigenvalue weighted by Gasteiger charge is -2.35. The van der Waals surface area contributed by atoms with Gasteiger partial charge in [0.05, 0.1) is 0 Å². The SMILES string of the molecule is CC(C)CC1(C(=O)NC2CNCCC2C)CCCC1.Cl. The Kier molecular flexibility index (Phi) is 6.80. The quantitative estimate of drug-likeness (QED) is 0.838. The molecular formula is C16H31ClN2O. The topological polar surface area (TPSA) is 41.1 Å². The van der Waals surface area contributed by atoms with Crippen molar-refractivity contribution in [2.45, 2.75) is 65.3 Å². The van der Waals surface area contributed by atoms with E-state index >= 15 is 0 Å². The highest BCUT2D eigenvalue weighted by molar-refractivity contribution is 5.85. The summed E-state index contributed by atoms with van der Waals surface area (Å²) in [6.07, 6.45) is 6.84. The highest BCUT2D eigenvalue weighted by Gasteiger charge is 2.42. The standard InChI is InChI=1S/C16H30N2O.ClH/c1-12(2)10-16(7-4-5-8-16)15(19)18-14-11-17-9-6-13(14)3;/h12-14,17H,4-11H2,1-3H3,(H,18,19);1H. The van der Waals surface area contributed by atoms with Gasteiger partial charge in [-0.2, -0.15) is 0 Å². The molecule has 0 radical (unpaired) electrons. The number of carbonyl (C=O) groups excluding carboxylic acids is 1. The van der Waals surface area contributed by atoms with Crippen LogP contribution in [-0.4, -0.2) is 25.0 Å². The second-order valence-corrected chi connectivity index (χ2v) is 7.14. The fraction of sp³-hybridized carbons (Fsp3) is 0.938. The smallest absolute Gasteiger partial charge is 0.226 e. The van der Waals surface area contributed by atoms with Crippen LogP contribution in [0.1, 0.15) is 59.3 Å². The van der Waals surface area contributed by atoms with Gasteiger partial charge in [-0.15, -0.1) is 12.4 Å². The number of rotatable bonds is 4. The van der Waals surface area contributed by atoms with Gasteiger partial charge >= 0.3 is 0 Å². The summed E-state index contributed by atoms with van der Waals surface area (Å²) in [6, 6.07) is 0.325. The number of hydrogen-bond acceptors (Lipinski definition) is 2. The van der Waals surface area contributed by atoms with E-state index in [1.807, 2.05) is 0 Å². The van der Waals surface area contributed by atoms with Crippen molar-refractivity contribution in [3.8, 4) is 0 Å². The van der Waals surface area contributed by atoms with Gasteiger partial charge in [0.25, 0.3) is 0 Å². The Balaban J connectivity index is 0.00000200. The Hall–Kier alpha value is -0.280. The van der Waals surface area contributed by atoms with E-state index in [9.17, 15) is 4.79 Å². The second kappa shape index (κ2) is 7.65. The first kappa shape index (κ1) is 17.8. The van der Waals surface area contributed by atoms with Gasteiger partial charge in [0, 0.05) is 18.0 Å². The molecule has 1 heterocycles. The van der Waals surface area contributed by atoms with Crippen LogP contribution < -0.4 is 10.6 Å². The van der Waals surface area contributed by atoms with Crippen LogP contribution in [0.5, 0.6) is 0 Å². The maximum absolute atomic E-state index is 12.8. The molecule has 2 aliphatic rings. The molecule has 20 heavy (non-hydrogen) atoms. The molecule has 4 heteroatoms. The molecule has 1 saturated heterocycles. The summed E-state index contributed by atoms with van der Waals surface area (Å²) in [5, 5.41) is 6.76. The zero-order valence-corrected chi connectivity index (χ0v) is 14.0. The lowest BCUT2D eigenvalue weighted by Crippen LogP contribution is -2.53. The first-order valence-electron chi connectivity index (χ1n) is 8.05. The van der Waals surface area contributed by atoms with Crippen molar-refractivity contribution in [1.29, 1.82) is 0 Å². The number of halogens is 1. The van der Waals surface area contributed by atoms with E-state index in [2.05, 4.69) is 31.4 Å². The highest BCUT2D eigenvalue weighted by Crippen LogP contribution is 2.43. The van der Waals surface area contributed by atoms with Gasteiger partial charge in [0.2, 0.25) is 5.91 Å². The molecule has 2 fully saturated rings. The number of carbonyl (C=O) groups is 1. The van der Waals surface area contributed by atoms with E-state index < -0.39 is 0 Å². The molecule has 118 valence electrons. The second-order valence-electron chi connectivity index (χ2n) is 7.14. The summed E-state index contributed by atoms with van der Waals surface area (Å²) in [6.45, 7) is 8.75. The summed E-state index contributed by atoms with van der Waals surface area (Å²) in [4.78, 5) is 12.8. The van der Waals surface area contributed by atoms with Crippen LogP contribution in [0.25, 0.3) is 0 Å². The molecule has 0 aromatic carbocycles. The summed E-state index contributed by atoms with van der Waals surface area (Å²) >= 11 is 0. The molecule has 1 aliphatic heterocycles. The lowest BCUT2D eigenvalue weighted by atomic mass is 9.77. The molecule has 1 saturated carbocycles. The van der Waals surface area contributed by atoms with E-state index in [0.717, 1.165) is 32.4 Å². The van der Waals surface area contributed by atoms with Gasteiger partial charge < -0.3 is 10.6 Å². The van der Waals surface area contributed by atoms with Gasteiger partial charge in [-0.25, -0.2) is 0 Å². The first-order chi connectivity index (χ1) is 9.03. The third kappa shape index (κ3) is 4.11. The Morgan fingerprint density at radius 3 is 2.55 bits per heavy atom. The fourth-order valence-electron chi connectivity index (χ4n) is 3.86. The van der Waals surface area contributed by atoms with Crippen LogP contribution >= 0.6 is 12.4 Å². The molecule has 1 aliphatic carbocycles. The van der Waals surface area contributed by atoms with Crippen LogP contribution in [0.4, 0.5) is 0 Å². The van der Waals surface area contributed by atoms with E-state index in [0.29, 0.717) is 23.8 Å². The van der Waals surface area contributed by atoms with Crippen molar-refractivity contribution in [3.63, 3.8) is 0 Å². The Morgan fingerprint density at radius 1 is 1.35 bits per heavy atom. The summed E-state index contributed by atoms with van der Waals surface area (Å²) in [5.74, 6) is 1.53. The van der Waals surface area contributed by atoms with Crippen molar-refractivity contribution in [1.82, 2.24) is 10.6 Å². The van der Waals surface area contributed by atoms with E-state index in [1.165, 1.54) is 19.3 Å². The number of piperidine rings is 1. The minimum absolute atomic E-state index is 0. The minimum Gasteiger partial charge on any atom is -0.351 e. The van der Waals surface area contributed by atoms with Crippen LogP contribution in [-0.2, 0) is 4.79 Å². The minimum atomic E-state index is -0.0642. The lowest BCUT2D eigenvalue weighted by molar-refractivity contribution is -0.133. The fourth-order valence-corrected chi connectivity index (χ4v) is 3.86. The molecular weight excluding hydrogens is 272 g/mol. The van der Waals surface area contributed by atoms with E-state index in [4.69, 9.17) is 0 Å². The molecule has 3 nitrogen and oxygen atoms in total. The Morgan fingerprint density at radius 2 is 2.00 bits per heavy atom. The number of nitrogens with one attached hydrogen (secondary N) is 2. The van der Waals surface area contributed by atoms with Crippen molar-refractivity contribution in [2.75, 3.05) is 13.1 Å². The van der Waals surface area contributed by atoms with Gasteiger partial charge in [-0.05, 0) is 44.1 Å². The third-order valence-corrected chi connectivity index (χ3v) is 4.99. The molecule has 0 aromatic heterocycles. The van der Waals surface area contributed by atoms with Crippen LogP contribution in [0, 0.1) is 17.3 Å². The Labute approximate surface area is 130 Å². The highest BCUT2D eigenvalue weighted by atomic mass is 35.5. The van der Waals surface area contributed by atoms with E-state index in [-0.39, 0.29) is 17.8 Å². The van der Waals surface area contributed by atoms with Gasteiger partial charge in [-0.1, -0.05) is 33.6 Å². The van der Waals surface area contributed by atoms with Crippen molar-refractivity contribution < 1.29 is 4.79 Å². The average Bonchev–Trinajstić information content (AvgIpc) is 2.81. The van der Waals surface area contributed by atoms with Crippen LogP contribution in [0.2, 0.25) is 0 Å². The third-order valence-electron chi connectivity index (χ3n) is 4.99. The van der Waals surface area contributed by atoms with Crippen molar-refractivity contribution >= 4 is 18.3 Å². The first-order valence-corrected chi connectivity index (χ1v) is 8.05. The molecule has 0 bridgehead atoms. The molecule has 0 spiro atoms. The molecule has 2 atom stereocenters. The van der Waals surface area contributed by atoms with Crippen molar-refractivity contribution in [2.24, 2.45) is 17.3 Å². The predicted molar refractivity (Wildman–Crippen MR) is 86.2 cm³/mol. The maximum Gasteiger partial charge on any atom is 0.226 e. The zero-order chi connectivity index (χ0) is 13.9. The number of amides is 1. The zero-order valence-electron chi connectivity index (χ0n) is 13.2. The normalized spacial score (nSPS) is 29.0. The van der Waals surface area contributed by atoms with Crippen LogP contribution in [0.3, 0.4) is 0 Å². The van der Waals surface area contributed by atoms with Crippen molar-refractivity contribution in [3.05, 3.63) is 0 Å². The largest absolute Gasteiger partial charge is 0.351 e. The molecule has 2 rings (SSSR count). The molecule has 1 amide bonds. The Bertz CT molecular complexity index is 314. The average molecular weight is 303 g/mol. The van der Waals surface area contributed by atoms with Gasteiger partial charge in [-0.3, -0.25) is 4.79 Å². The van der Waals surface area contributed by atoms with Crippen LogP contribution in [0.15, 0.2) is 0 Å². The number of hydrogen-bond donors (Lipinski definition) is 2. The summed E-state index contributed by atoms with van der Waals surface area (Å²) < 4.78 is 0. The summed E-state index contributed by atoms with van der Waals surface area (Å²) in [5.41, 5.74) is -0.0642. The monoisotopic (exact) mass is 302 g/mol. The van der Waals surface area contributed by atoms with Gasteiger partial charge in [0.15, 0.2) is 0 Å². The van der Waals surface area contributed by atoms with Gasteiger partial charge in [0.1, 0.15) is 0 Å².